The van der Waals surface area contributed by atoms with Gasteiger partial charge in [0, 0.05) is 17.4 Å². The normalized spacial score (nSPS) is 10.3. The van der Waals surface area contributed by atoms with Gasteiger partial charge < -0.3 is 11.1 Å². The van der Waals surface area contributed by atoms with Gasteiger partial charge >= 0.3 is 0 Å². The predicted molar refractivity (Wildman–Crippen MR) is 71.5 cm³/mol. The Morgan fingerprint density at radius 3 is 2.94 bits per heavy atom. The number of carbonyl (C=O) groups is 1. The summed E-state index contributed by atoms with van der Waals surface area (Å²) in [6, 6.07) is 7.19. The van der Waals surface area contributed by atoms with Gasteiger partial charge in [0.15, 0.2) is 5.82 Å². The first-order valence-corrected chi connectivity index (χ1v) is 5.82. The maximum atomic E-state index is 12.0. The Morgan fingerprint density at radius 1 is 1.50 bits per heavy atom. The smallest absolute Gasteiger partial charge is 0.258 e. The summed E-state index contributed by atoms with van der Waals surface area (Å²) in [6.45, 7) is 3.88. The second-order valence-corrected chi connectivity index (χ2v) is 4.12. The number of aromatic amines is 1. The van der Waals surface area contributed by atoms with Crippen molar-refractivity contribution in [3.63, 3.8) is 0 Å². The molecule has 5 nitrogen and oxygen atoms in total. The Morgan fingerprint density at radius 2 is 2.28 bits per heavy atom. The highest BCUT2D eigenvalue weighted by molar-refractivity contribution is 6.07. The molecule has 0 saturated heterocycles. The zero-order valence-electron chi connectivity index (χ0n) is 10.4. The Kier molecular flexibility index (Phi) is 3.32. The number of H-pyrrole nitrogens is 1. The van der Waals surface area contributed by atoms with E-state index >= 15 is 0 Å². The van der Waals surface area contributed by atoms with E-state index in [1.165, 1.54) is 0 Å². The summed E-state index contributed by atoms with van der Waals surface area (Å²) in [5.41, 5.74) is 8.71. The second kappa shape index (κ2) is 4.91. The van der Waals surface area contributed by atoms with Crippen molar-refractivity contribution in [2.45, 2.75) is 20.3 Å². The van der Waals surface area contributed by atoms with Crippen molar-refractivity contribution in [3.8, 4) is 0 Å². The molecule has 2 rings (SSSR count). The largest absolute Gasteiger partial charge is 0.398 e. The minimum Gasteiger partial charge on any atom is -0.398 e. The molecule has 0 aliphatic carbocycles. The molecule has 5 heteroatoms. The maximum absolute atomic E-state index is 12.0. The molecule has 0 unspecified atom stereocenters. The van der Waals surface area contributed by atoms with Crippen LogP contribution in [0.15, 0.2) is 24.3 Å². The van der Waals surface area contributed by atoms with Crippen LogP contribution in [0.1, 0.15) is 28.5 Å². The molecule has 1 aromatic carbocycles. The fraction of sp³-hybridized carbons (Fsp3) is 0.231. The average molecular weight is 244 g/mol. The van der Waals surface area contributed by atoms with Crippen molar-refractivity contribution in [1.82, 2.24) is 10.2 Å². The number of hydrogen-bond donors (Lipinski definition) is 3. The molecule has 0 radical (unpaired) electrons. The van der Waals surface area contributed by atoms with Crippen molar-refractivity contribution >= 4 is 17.4 Å². The van der Waals surface area contributed by atoms with E-state index in [2.05, 4.69) is 15.5 Å². The van der Waals surface area contributed by atoms with Crippen molar-refractivity contribution in [2.24, 2.45) is 0 Å². The third-order valence-electron chi connectivity index (χ3n) is 2.82. The lowest BCUT2D eigenvalue weighted by Crippen LogP contribution is -2.14. The molecule has 0 saturated carbocycles. The molecule has 1 amide bonds. The van der Waals surface area contributed by atoms with Gasteiger partial charge in [-0.2, -0.15) is 5.10 Å². The minimum absolute atomic E-state index is 0.245. The van der Waals surface area contributed by atoms with E-state index in [4.69, 9.17) is 5.73 Å². The van der Waals surface area contributed by atoms with E-state index in [1.807, 2.05) is 32.0 Å². The zero-order chi connectivity index (χ0) is 13.1. The first kappa shape index (κ1) is 12.2. The van der Waals surface area contributed by atoms with E-state index in [1.54, 1.807) is 6.07 Å². The van der Waals surface area contributed by atoms with Crippen LogP contribution in [0.3, 0.4) is 0 Å². The van der Waals surface area contributed by atoms with Gasteiger partial charge in [-0.05, 0) is 25.0 Å². The number of benzene rings is 1. The Hall–Kier alpha value is -2.30. The average Bonchev–Trinajstić information content (AvgIpc) is 2.80. The number of rotatable bonds is 3. The highest BCUT2D eigenvalue weighted by atomic mass is 16.1. The van der Waals surface area contributed by atoms with E-state index in [-0.39, 0.29) is 5.91 Å². The molecule has 2 aromatic rings. The van der Waals surface area contributed by atoms with Crippen LogP contribution >= 0.6 is 0 Å². The zero-order valence-corrected chi connectivity index (χ0v) is 10.4. The van der Waals surface area contributed by atoms with Crippen LogP contribution in [0, 0.1) is 6.92 Å². The van der Waals surface area contributed by atoms with Crippen molar-refractivity contribution in [3.05, 3.63) is 41.1 Å². The molecule has 1 aromatic heterocycles. The fourth-order valence-corrected chi connectivity index (χ4v) is 1.67. The van der Waals surface area contributed by atoms with E-state index in [0.29, 0.717) is 17.1 Å². The van der Waals surface area contributed by atoms with Gasteiger partial charge in [0.05, 0.1) is 5.56 Å². The van der Waals surface area contributed by atoms with Gasteiger partial charge in [-0.3, -0.25) is 9.89 Å². The number of nitrogens with zero attached hydrogens (tertiary/aromatic N) is 1. The van der Waals surface area contributed by atoms with E-state index < -0.39 is 0 Å². The Labute approximate surface area is 105 Å². The third-order valence-corrected chi connectivity index (χ3v) is 2.82. The number of nitrogen functional groups attached to an aromatic ring is 1. The molecule has 18 heavy (non-hydrogen) atoms. The number of anilines is 2. The summed E-state index contributed by atoms with van der Waals surface area (Å²) < 4.78 is 0. The van der Waals surface area contributed by atoms with Crippen LogP contribution in [-0.2, 0) is 6.42 Å². The van der Waals surface area contributed by atoms with Crippen LogP contribution in [0.4, 0.5) is 11.5 Å². The number of nitrogens with one attached hydrogen (secondary N) is 2. The summed E-state index contributed by atoms with van der Waals surface area (Å²) >= 11 is 0. The van der Waals surface area contributed by atoms with Crippen molar-refractivity contribution in [1.29, 1.82) is 0 Å². The van der Waals surface area contributed by atoms with Crippen LogP contribution in [0.2, 0.25) is 0 Å². The predicted octanol–water partition coefficient (Wildman–Crippen LogP) is 2.12. The van der Waals surface area contributed by atoms with Gasteiger partial charge in [-0.15, -0.1) is 0 Å². The lowest BCUT2D eigenvalue weighted by atomic mass is 10.1. The summed E-state index contributed by atoms with van der Waals surface area (Å²) in [5.74, 6) is 0.267. The first-order chi connectivity index (χ1) is 8.61. The van der Waals surface area contributed by atoms with Crippen LogP contribution < -0.4 is 11.1 Å². The summed E-state index contributed by atoms with van der Waals surface area (Å²) in [7, 11) is 0. The van der Waals surface area contributed by atoms with Gasteiger partial charge in [0.2, 0.25) is 0 Å². The number of nitrogens with two attached hydrogens (primary N) is 1. The Bertz CT molecular complexity index is 574. The van der Waals surface area contributed by atoms with Crippen LogP contribution in [0.25, 0.3) is 0 Å². The molecular weight excluding hydrogens is 228 g/mol. The van der Waals surface area contributed by atoms with Gasteiger partial charge in [-0.1, -0.05) is 19.1 Å². The molecule has 1 heterocycles. The molecule has 0 spiro atoms. The van der Waals surface area contributed by atoms with Crippen LogP contribution in [-0.4, -0.2) is 16.1 Å². The summed E-state index contributed by atoms with van der Waals surface area (Å²) in [6.07, 6.45) is 0.843. The highest BCUT2D eigenvalue weighted by Gasteiger charge is 2.12. The fourth-order valence-electron chi connectivity index (χ4n) is 1.67. The number of amides is 1. The molecule has 4 N–H and O–H groups in total. The van der Waals surface area contributed by atoms with Gasteiger partial charge in [-0.25, -0.2) is 0 Å². The molecule has 0 fully saturated rings. The summed E-state index contributed by atoms with van der Waals surface area (Å²) in [5, 5.41) is 9.57. The highest BCUT2D eigenvalue weighted by Crippen LogP contribution is 2.18. The minimum atomic E-state index is -0.245. The molecule has 0 bridgehead atoms. The van der Waals surface area contributed by atoms with Crippen molar-refractivity contribution in [2.75, 3.05) is 11.1 Å². The monoisotopic (exact) mass is 244 g/mol. The van der Waals surface area contributed by atoms with Crippen molar-refractivity contribution < 1.29 is 4.79 Å². The van der Waals surface area contributed by atoms with E-state index in [0.717, 1.165) is 17.7 Å². The number of carbonyl (C=O) groups excluding carboxylic acids is 1. The maximum Gasteiger partial charge on any atom is 0.258 e. The Balaban J connectivity index is 2.19. The quantitative estimate of drug-likeness (QED) is 0.723. The third kappa shape index (κ3) is 2.34. The molecule has 0 aliphatic rings. The molecule has 0 aliphatic heterocycles. The van der Waals surface area contributed by atoms with E-state index in [9.17, 15) is 4.79 Å². The number of aryl methyl sites for hydroxylation is 2. The van der Waals surface area contributed by atoms with Gasteiger partial charge in [0.1, 0.15) is 0 Å². The van der Waals surface area contributed by atoms with Gasteiger partial charge in [0.25, 0.3) is 5.91 Å². The number of hydrogen-bond acceptors (Lipinski definition) is 3. The topological polar surface area (TPSA) is 83.8 Å². The summed E-state index contributed by atoms with van der Waals surface area (Å²) in [4.78, 5) is 12.0. The number of aromatic nitrogens is 2. The van der Waals surface area contributed by atoms with Crippen LogP contribution in [0.5, 0.6) is 0 Å². The second-order valence-electron chi connectivity index (χ2n) is 4.12. The molecule has 94 valence electrons. The molecule has 0 atom stereocenters. The standard InChI is InChI=1S/C13H16N4O/c1-3-9-7-11(17-16-9)15-13(18)10-6-4-5-8(2)12(10)14/h4-7H,3,14H2,1-2H3,(H2,15,16,17,18). The SMILES string of the molecule is CCc1cc(NC(=O)c2cccc(C)c2N)n[nH]1. The molecular formula is C13H16N4O. The lowest BCUT2D eigenvalue weighted by molar-refractivity contribution is 0.102. The number of para-hydroxylation sites is 1. The lowest BCUT2D eigenvalue weighted by Gasteiger charge is -2.07. The first-order valence-electron chi connectivity index (χ1n) is 5.82.